The average molecular weight is 520 g/mol. The highest BCUT2D eigenvalue weighted by Gasteiger charge is 2.78. The average Bonchev–Trinajstić information content (AvgIpc) is 3.45. The monoisotopic (exact) mass is 520 g/mol. The zero-order valence-electron chi connectivity index (χ0n) is 21.9. The molecule has 5 rings (SSSR count). The molecule has 1 amide bonds. The van der Waals surface area contributed by atoms with Crippen LogP contribution in [-0.2, 0) is 30.1 Å². The van der Waals surface area contributed by atoms with Crippen LogP contribution in [0.3, 0.4) is 0 Å². The number of amides is 1. The highest BCUT2D eigenvalue weighted by atomic mass is 16.7. The first-order valence-electron chi connectivity index (χ1n) is 13.2. The number of nitrogens with one attached hydrogen (secondary N) is 1. The lowest BCUT2D eigenvalue weighted by atomic mass is 9.51. The number of likely N-dealkylation sites (N-methyl/N-ethyl adjacent to an activating group) is 1. The topological polar surface area (TPSA) is 125 Å². The first kappa shape index (κ1) is 26.0. The Morgan fingerprint density at radius 1 is 1.08 bits per heavy atom. The largest absolute Gasteiger partial charge is 0.600 e. The minimum Gasteiger partial charge on any atom is -0.600 e. The van der Waals surface area contributed by atoms with Gasteiger partial charge in [0.25, 0.3) is 5.91 Å². The summed E-state index contributed by atoms with van der Waals surface area (Å²) in [7, 11) is 1.87. The Hall–Kier alpha value is -3.60. The molecule has 3 aliphatic rings. The van der Waals surface area contributed by atoms with Gasteiger partial charge >= 0.3 is 18.6 Å². The van der Waals surface area contributed by atoms with Gasteiger partial charge in [-0.15, -0.1) is 0 Å². The van der Waals surface area contributed by atoms with Crippen molar-refractivity contribution in [2.75, 3.05) is 7.05 Å². The van der Waals surface area contributed by atoms with Gasteiger partial charge in [0.1, 0.15) is 17.8 Å². The molecule has 3 saturated heterocycles. The van der Waals surface area contributed by atoms with Crippen molar-refractivity contribution >= 4 is 30.3 Å². The summed E-state index contributed by atoms with van der Waals surface area (Å²) in [5, 5.41) is 2.84. The number of ketones is 1. The number of carbonyl (C=O) groups is 4. The molecule has 0 saturated carbocycles. The molecule has 11 heteroatoms. The van der Waals surface area contributed by atoms with Crippen molar-refractivity contribution in [1.82, 2.24) is 15.3 Å². The van der Waals surface area contributed by atoms with Crippen LogP contribution in [-0.4, -0.2) is 69.9 Å². The summed E-state index contributed by atoms with van der Waals surface area (Å²) in [4.78, 5) is 60.8. The van der Waals surface area contributed by atoms with Gasteiger partial charge in [0, 0.05) is 32.3 Å². The highest BCUT2D eigenvalue weighted by Crippen LogP contribution is 2.55. The fourth-order valence-electron chi connectivity index (χ4n) is 6.82. The highest BCUT2D eigenvalue weighted by molar-refractivity contribution is 6.68. The van der Waals surface area contributed by atoms with Crippen LogP contribution in [0.25, 0.3) is 0 Å². The summed E-state index contributed by atoms with van der Waals surface area (Å²) in [5.41, 5.74) is 0.989. The van der Waals surface area contributed by atoms with Crippen molar-refractivity contribution in [2.24, 2.45) is 5.92 Å². The molecule has 3 aliphatic heterocycles. The summed E-state index contributed by atoms with van der Waals surface area (Å²) in [6, 6.07) is 7.63. The van der Waals surface area contributed by atoms with E-state index in [1.807, 2.05) is 51.2 Å². The lowest BCUT2D eigenvalue weighted by Gasteiger charge is -2.47. The third-order valence-corrected chi connectivity index (χ3v) is 8.55. The molecule has 2 aromatic rings. The van der Waals surface area contributed by atoms with Gasteiger partial charge in [0.05, 0.1) is 12.2 Å². The van der Waals surface area contributed by atoms with Gasteiger partial charge in [-0.25, -0.2) is 14.6 Å². The number of rotatable bonds is 10. The third kappa shape index (κ3) is 4.28. The Balaban J connectivity index is 1.45. The molecule has 1 N–H and O–H groups in total. The Morgan fingerprint density at radius 3 is 2.32 bits per heavy atom. The minimum atomic E-state index is -2.44. The molecule has 4 heterocycles. The SMILES string of the molecule is CC(C)C[C@H](CC(=O)[C@H](Cc1ccccc1)NC(=O)c1cnccn1)[B-]12OC(=O)[C@@H]3CC[C@@H](C(=O)O1)[N+]32C. The fraction of sp³-hybridized carbons (Fsp3) is 0.481. The van der Waals surface area contributed by atoms with E-state index >= 15 is 0 Å². The van der Waals surface area contributed by atoms with Gasteiger partial charge in [-0.3, -0.25) is 14.6 Å². The summed E-state index contributed by atoms with van der Waals surface area (Å²) >= 11 is 0. The van der Waals surface area contributed by atoms with Crippen molar-refractivity contribution in [3.05, 3.63) is 60.2 Å². The first-order valence-corrected chi connectivity index (χ1v) is 13.2. The molecule has 10 nitrogen and oxygen atoms in total. The van der Waals surface area contributed by atoms with Gasteiger partial charge in [-0.2, -0.15) is 0 Å². The molecular formula is C27H33BN4O6. The van der Waals surface area contributed by atoms with Gasteiger partial charge < -0.3 is 19.0 Å². The molecular weight excluding hydrogens is 487 g/mol. The maximum absolute atomic E-state index is 14.0. The number of benzene rings is 1. The second-order valence-corrected chi connectivity index (χ2v) is 11.3. The Labute approximate surface area is 221 Å². The molecule has 0 aliphatic carbocycles. The van der Waals surface area contributed by atoms with E-state index in [0.29, 0.717) is 19.3 Å². The van der Waals surface area contributed by atoms with E-state index < -0.39 is 36.5 Å². The standard InChI is InChI=1S/C27H33BN4O6/c1-17(2)13-19(28-32(3)22(26(35)37-28)9-10-23(32)27(36)38-28)15-24(33)20(14-18-7-5-4-6-8-18)31-25(34)21-16-29-11-12-30-21/h4-8,11-12,16-17,19-20,22-23H,9-10,13-15H2,1-3H3,(H,31,34)/t19-,20+,22+,23+,28?,32?/m1/s1. The van der Waals surface area contributed by atoms with Crippen molar-refractivity contribution < 1.29 is 32.9 Å². The molecule has 0 radical (unpaired) electrons. The maximum Gasteiger partial charge on any atom is 0.587 e. The maximum atomic E-state index is 14.0. The molecule has 1 aromatic heterocycles. The van der Waals surface area contributed by atoms with Crippen molar-refractivity contribution in [3.63, 3.8) is 0 Å². The predicted molar refractivity (Wildman–Crippen MR) is 137 cm³/mol. The summed E-state index contributed by atoms with van der Waals surface area (Å²) in [6.07, 6.45) is 6.14. The number of Topliss-reactive ketones (excluding diaryl/α,β-unsaturated/α-hetero) is 1. The van der Waals surface area contributed by atoms with E-state index in [1.54, 1.807) is 0 Å². The van der Waals surface area contributed by atoms with E-state index in [1.165, 1.54) is 18.6 Å². The Kier molecular flexibility index (Phi) is 6.81. The van der Waals surface area contributed by atoms with E-state index in [4.69, 9.17) is 9.31 Å². The molecule has 38 heavy (non-hydrogen) atoms. The first-order chi connectivity index (χ1) is 18.2. The number of nitrogens with zero attached hydrogens (tertiary/aromatic N) is 3. The predicted octanol–water partition coefficient (Wildman–Crippen LogP) is 2.22. The zero-order valence-corrected chi connectivity index (χ0v) is 21.9. The Morgan fingerprint density at radius 2 is 1.74 bits per heavy atom. The second kappa shape index (κ2) is 9.94. The number of hydrogen-bond acceptors (Lipinski definition) is 8. The lowest BCUT2D eigenvalue weighted by Crippen LogP contribution is -2.66. The second-order valence-electron chi connectivity index (χ2n) is 11.3. The minimum absolute atomic E-state index is 0.00965. The number of carbonyl (C=O) groups excluding carboxylic acids is 4. The number of aromatic nitrogens is 2. The molecule has 0 bridgehead atoms. The van der Waals surface area contributed by atoms with Crippen LogP contribution in [0.5, 0.6) is 0 Å². The Bertz CT molecular complexity index is 1210. The van der Waals surface area contributed by atoms with Crippen molar-refractivity contribution in [2.45, 2.75) is 69.9 Å². The molecule has 0 spiro atoms. The van der Waals surface area contributed by atoms with Gasteiger partial charge in [0.15, 0.2) is 5.78 Å². The molecule has 4 atom stereocenters. The normalized spacial score (nSPS) is 28.9. The quantitative estimate of drug-likeness (QED) is 0.473. The van der Waals surface area contributed by atoms with E-state index in [-0.39, 0.29) is 46.6 Å². The van der Waals surface area contributed by atoms with Crippen LogP contribution < -0.4 is 5.32 Å². The number of quaternary nitrogens is 1. The van der Waals surface area contributed by atoms with Crippen LogP contribution in [0.2, 0.25) is 5.82 Å². The van der Waals surface area contributed by atoms with Gasteiger partial charge in [0.2, 0.25) is 0 Å². The molecule has 200 valence electrons. The van der Waals surface area contributed by atoms with E-state index in [0.717, 1.165) is 5.56 Å². The summed E-state index contributed by atoms with van der Waals surface area (Å²) < 4.78 is 12.1. The molecule has 3 fully saturated rings. The van der Waals surface area contributed by atoms with Crippen molar-refractivity contribution in [1.29, 1.82) is 0 Å². The van der Waals surface area contributed by atoms with E-state index in [9.17, 15) is 19.2 Å². The van der Waals surface area contributed by atoms with Gasteiger partial charge in [-0.05, 0) is 30.1 Å². The smallest absolute Gasteiger partial charge is 0.587 e. The van der Waals surface area contributed by atoms with Crippen LogP contribution >= 0.6 is 0 Å². The van der Waals surface area contributed by atoms with Crippen LogP contribution in [0.15, 0.2) is 48.9 Å². The summed E-state index contributed by atoms with van der Waals surface area (Å²) in [6.45, 7) is 1.60. The van der Waals surface area contributed by atoms with Gasteiger partial charge in [-0.1, -0.05) is 50.6 Å². The number of hydrogen-bond donors (Lipinski definition) is 1. The molecule has 0 unspecified atom stereocenters. The third-order valence-electron chi connectivity index (χ3n) is 8.55. The molecule has 1 aromatic carbocycles. The van der Waals surface area contributed by atoms with Crippen molar-refractivity contribution in [3.8, 4) is 0 Å². The van der Waals surface area contributed by atoms with E-state index in [2.05, 4.69) is 15.3 Å². The van der Waals surface area contributed by atoms with Crippen LogP contribution in [0, 0.1) is 5.92 Å². The fourth-order valence-corrected chi connectivity index (χ4v) is 6.82. The zero-order chi connectivity index (χ0) is 27.1. The van der Waals surface area contributed by atoms with Crippen LogP contribution in [0.4, 0.5) is 0 Å². The summed E-state index contributed by atoms with van der Waals surface area (Å²) in [5.74, 6) is -1.82. The lowest BCUT2D eigenvalue weighted by molar-refractivity contribution is -0.829. The van der Waals surface area contributed by atoms with Crippen LogP contribution in [0.1, 0.15) is 55.6 Å².